The van der Waals surface area contributed by atoms with Crippen molar-refractivity contribution in [1.82, 2.24) is 14.2 Å². The van der Waals surface area contributed by atoms with Gasteiger partial charge in [-0.15, -0.1) is 11.8 Å². The van der Waals surface area contributed by atoms with E-state index in [1.54, 1.807) is 29.2 Å². The van der Waals surface area contributed by atoms with Crippen LogP contribution < -0.4 is 4.57 Å². The van der Waals surface area contributed by atoms with Crippen LogP contribution in [0.5, 0.6) is 0 Å². The lowest BCUT2D eigenvalue weighted by Gasteiger charge is -2.46. The summed E-state index contributed by atoms with van der Waals surface area (Å²) in [5.74, 6) is -0.487. The molecule has 0 bridgehead atoms. The van der Waals surface area contributed by atoms with Gasteiger partial charge < -0.3 is 28.8 Å². The Morgan fingerprint density at radius 3 is 2.52 bits per heavy atom. The molecule has 11 nitrogen and oxygen atoms in total. The normalized spacial score (nSPS) is 24.4. The number of carbonyl (C=O) groups excluding carboxylic acids is 3. The van der Waals surface area contributed by atoms with Gasteiger partial charge in [-0.25, -0.2) is 14.2 Å². The number of aryl methyl sites for hydroxylation is 1. The van der Waals surface area contributed by atoms with Crippen molar-refractivity contribution < 1.29 is 38.0 Å². The number of amides is 2. The molecule has 2 aromatic heterocycles. The Morgan fingerprint density at radius 2 is 1.90 bits per heavy atom. The SMILES string of the molecule is C=CCOC(=O)C1=C(S[C@H]2C[C@@H](Cc3cn4c(C)[n+](CCO[Si](C)(C)C(C)(C)C)cc4s3)N(C(=O)OCC=C)C2)[C@H](C)[C@@H]2[C@@H]([C@@H](C)O)C(=O)N12. The molecule has 1 N–H and O–H groups in total. The number of fused-ring (bicyclic) bond motifs is 2. The zero-order valence-electron chi connectivity index (χ0n) is 30.6. The number of hydrogen-bond acceptors (Lipinski definition) is 9. The molecule has 0 saturated carbocycles. The highest BCUT2D eigenvalue weighted by molar-refractivity contribution is 8.03. The number of rotatable bonds is 14. The van der Waals surface area contributed by atoms with Crippen LogP contribution in [0.2, 0.25) is 18.1 Å². The molecule has 0 unspecified atom stereocenters. The van der Waals surface area contributed by atoms with E-state index in [0.29, 0.717) is 26.0 Å². The molecule has 2 amide bonds. The minimum absolute atomic E-state index is 0.0230. The first-order chi connectivity index (χ1) is 23.5. The first kappa shape index (κ1) is 38.3. The molecule has 0 aliphatic carbocycles. The Morgan fingerprint density at radius 1 is 1.22 bits per heavy atom. The van der Waals surface area contributed by atoms with E-state index < -0.39 is 32.4 Å². The van der Waals surface area contributed by atoms with E-state index in [-0.39, 0.29) is 53.1 Å². The van der Waals surface area contributed by atoms with Crippen molar-refractivity contribution in [2.75, 3.05) is 26.4 Å². The van der Waals surface area contributed by atoms with Gasteiger partial charge in [0.1, 0.15) is 37.8 Å². The summed E-state index contributed by atoms with van der Waals surface area (Å²) in [4.78, 5) is 46.1. The molecule has 6 atom stereocenters. The molecule has 5 heterocycles. The van der Waals surface area contributed by atoms with Crippen LogP contribution in [-0.2, 0) is 36.5 Å². The fraction of sp³-hybridized carbons (Fsp3) is 0.611. The third kappa shape index (κ3) is 7.36. The molecule has 14 heteroatoms. The number of aliphatic hydroxyl groups excluding tert-OH is 1. The number of likely N-dealkylation sites (tertiary alicyclic amines) is 1. The fourth-order valence-electron chi connectivity index (χ4n) is 6.93. The molecule has 50 heavy (non-hydrogen) atoms. The van der Waals surface area contributed by atoms with Crippen LogP contribution in [0.25, 0.3) is 4.83 Å². The van der Waals surface area contributed by atoms with Crippen molar-refractivity contribution in [3.8, 4) is 0 Å². The molecule has 0 spiro atoms. The van der Waals surface area contributed by atoms with E-state index in [0.717, 1.165) is 27.0 Å². The predicted octanol–water partition coefficient (Wildman–Crippen LogP) is 5.46. The van der Waals surface area contributed by atoms with Crippen LogP contribution in [-0.4, -0.2) is 95.4 Å². The van der Waals surface area contributed by atoms with E-state index in [1.807, 2.05) is 6.92 Å². The maximum atomic E-state index is 13.3. The minimum Gasteiger partial charge on any atom is -0.457 e. The Hall–Kier alpha value is -2.91. The Balaban J connectivity index is 1.34. The van der Waals surface area contributed by atoms with Gasteiger partial charge in [0.25, 0.3) is 5.82 Å². The first-order valence-electron chi connectivity index (χ1n) is 17.4. The Labute approximate surface area is 305 Å². The van der Waals surface area contributed by atoms with Gasteiger partial charge in [0.2, 0.25) is 10.7 Å². The number of imidazole rings is 1. The third-order valence-corrected chi connectivity index (χ3v) is 17.8. The van der Waals surface area contributed by atoms with E-state index >= 15 is 0 Å². The molecule has 0 radical (unpaired) electrons. The second-order valence-corrected chi connectivity index (χ2v) is 22.4. The average molecular weight is 746 g/mol. The summed E-state index contributed by atoms with van der Waals surface area (Å²) in [5, 5.41) is 10.5. The fourth-order valence-corrected chi connectivity index (χ4v) is 10.7. The summed E-state index contributed by atoms with van der Waals surface area (Å²) in [6, 6.07) is -0.447. The van der Waals surface area contributed by atoms with Gasteiger partial charge in [0, 0.05) is 42.0 Å². The zero-order chi connectivity index (χ0) is 36.7. The van der Waals surface area contributed by atoms with Crippen molar-refractivity contribution in [3.05, 3.63) is 59.0 Å². The molecule has 2 fully saturated rings. The number of aromatic nitrogens is 2. The van der Waals surface area contributed by atoms with Crippen molar-refractivity contribution in [3.63, 3.8) is 0 Å². The number of ether oxygens (including phenoxy) is 2. The molecule has 0 aromatic carbocycles. The third-order valence-electron chi connectivity index (χ3n) is 10.7. The average Bonchev–Trinajstić information content (AvgIpc) is 3.76. The van der Waals surface area contributed by atoms with Crippen LogP contribution in [0, 0.1) is 18.8 Å². The Kier molecular flexibility index (Phi) is 11.5. The summed E-state index contributed by atoms with van der Waals surface area (Å²) in [7, 11) is -1.83. The second kappa shape index (κ2) is 15.0. The van der Waals surface area contributed by atoms with Gasteiger partial charge in [-0.3, -0.25) is 4.79 Å². The molecule has 3 aliphatic heterocycles. The summed E-state index contributed by atoms with van der Waals surface area (Å²) < 4.78 is 21.8. The standard InChI is InChI=1S/C36H53N4O7S2Si/c1-11-14-45-34(43)31-32(22(3)30-29(23(4)41)33(42)40(30)31)49-27-18-25(39(20-27)35(44)46-15-12-2)17-26-19-38-24(5)37(21-28(38)48-26)13-16-47-50(9,10)36(6,7)8/h11-12,19,21-23,25,27,29-30,41H,1-2,13-18,20H2,3-10H3/q+1/t22-,23-,25-,27+,29-,30-/m1/s1. The van der Waals surface area contributed by atoms with Crippen LogP contribution in [0.3, 0.4) is 0 Å². The Bertz CT molecular complexity index is 1680. The number of thioether (sulfide) groups is 1. The summed E-state index contributed by atoms with van der Waals surface area (Å²) in [5.41, 5.74) is 0.243. The lowest BCUT2D eigenvalue weighted by atomic mass is 9.79. The quantitative estimate of drug-likeness (QED) is 0.0893. The van der Waals surface area contributed by atoms with Crippen molar-refractivity contribution in [2.45, 2.75) is 102 Å². The number of nitrogens with zero attached hydrogens (tertiary/aromatic N) is 4. The van der Waals surface area contributed by atoms with Gasteiger partial charge >= 0.3 is 12.1 Å². The largest absolute Gasteiger partial charge is 0.457 e. The molecular weight excluding hydrogens is 693 g/mol. The molecule has 5 rings (SSSR count). The highest BCUT2D eigenvalue weighted by Gasteiger charge is 2.60. The molecule has 274 valence electrons. The molecular formula is C36H53N4O7S2Si+. The smallest absolute Gasteiger partial charge is 0.410 e. The lowest BCUT2D eigenvalue weighted by molar-refractivity contribution is -0.702. The van der Waals surface area contributed by atoms with Crippen molar-refractivity contribution in [2.24, 2.45) is 11.8 Å². The number of esters is 1. The van der Waals surface area contributed by atoms with E-state index in [1.165, 1.54) is 22.7 Å². The number of carbonyl (C=O) groups is 3. The topological polar surface area (TPSA) is 114 Å². The highest BCUT2D eigenvalue weighted by atomic mass is 32.2. The molecule has 2 aromatic rings. The summed E-state index contributed by atoms with van der Waals surface area (Å²) in [6.45, 7) is 26.4. The summed E-state index contributed by atoms with van der Waals surface area (Å²) >= 11 is 3.24. The van der Waals surface area contributed by atoms with Gasteiger partial charge in [0.05, 0.1) is 29.5 Å². The van der Waals surface area contributed by atoms with Crippen molar-refractivity contribution >= 4 is 54.2 Å². The predicted molar refractivity (Wildman–Crippen MR) is 198 cm³/mol. The van der Waals surface area contributed by atoms with E-state index in [9.17, 15) is 19.5 Å². The number of hydrogen-bond donors (Lipinski definition) is 1. The maximum Gasteiger partial charge on any atom is 0.410 e. The minimum atomic E-state index is -1.83. The van der Waals surface area contributed by atoms with E-state index in [2.05, 4.69) is 75.3 Å². The van der Waals surface area contributed by atoms with Crippen LogP contribution in [0.15, 0.2) is 48.3 Å². The number of thiazole rings is 1. The van der Waals surface area contributed by atoms with E-state index in [4.69, 9.17) is 13.9 Å². The van der Waals surface area contributed by atoms with Gasteiger partial charge in [0.15, 0.2) is 8.32 Å². The summed E-state index contributed by atoms with van der Waals surface area (Å²) in [6.07, 6.45) is 7.48. The van der Waals surface area contributed by atoms with Crippen LogP contribution >= 0.6 is 23.1 Å². The van der Waals surface area contributed by atoms with Crippen molar-refractivity contribution in [1.29, 1.82) is 0 Å². The number of aliphatic hydroxyl groups is 1. The highest BCUT2D eigenvalue weighted by Crippen LogP contribution is 2.52. The maximum absolute atomic E-state index is 13.3. The van der Waals surface area contributed by atoms with Crippen LogP contribution in [0.1, 0.15) is 51.7 Å². The second-order valence-electron chi connectivity index (χ2n) is 15.1. The van der Waals surface area contributed by atoms with Gasteiger partial charge in [-0.1, -0.05) is 64.3 Å². The molecule has 2 saturated heterocycles. The lowest BCUT2D eigenvalue weighted by Crippen LogP contribution is -2.63. The monoisotopic (exact) mass is 745 g/mol. The van der Waals surface area contributed by atoms with Gasteiger partial charge in [-0.05, 0) is 31.5 Å². The van der Waals surface area contributed by atoms with Gasteiger partial charge in [-0.2, -0.15) is 4.40 Å². The zero-order valence-corrected chi connectivity index (χ0v) is 33.3. The first-order valence-corrected chi connectivity index (χ1v) is 22.0. The molecule has 3 aliphatic rings. The van der Waals surface area contributed by atoms with Crippen LogP contribution in [0.4, 0.5) is 4.79 Å². The number of β-lactam (4-membered cyclic amide) rings is 1.